The number of nitrogens with two attached hydrogens (primary N) is 1. The lowest BCUT2D eigenvalue weighted by atomic mass is 9.92. The van der Waals surface area contributed by atoms with Gasteiger partial charge in [-0.15, -0.1) is 0 Å². The Labute approximate surface area is 93.2 Å². The van der Waals surface area contributed by atoms with Crippen molar-refractivity contribution in [1.82, 2.24) is 15.5 Å². The molecule has 0 aliphatic heterocycles. The number of nitrogens with zero attached hydrogens (tertiary/aromatic N) is 1. The van der Waals surface area contributed by atoms with Crippen molar-refractivity contribution in [3.05, 3.63) is 11.8 Å². The molecule has 2 atom stereocenters. The van der Waals surface area contributed by atoms with E-state index in [4.69, 9.17) is 5.73 Å². The number of aliphatic hydroxyl groups is 1. The third-order valence-electron chi connectivity index (χ3n) is 2.89. The monoisotopic (exact) mass is 224 g/mol. The van der Waals surface area contributed by atoms with Crippen molar-refractivity contribution in [3.8, 4) is 0 Å². The highest BCUT2D eigenvalue weighted by molar-refractivity contribution is 5.93. The van der Waals surface area contributed by atoms with Gasteiger partial charge >= 0.3 is 0 Å². The molecular weight excluding hydrogens is 208 g/mol. The second kappa shape index (κ2) is 4.52. The first-order valence-corrected chi connectivity index (χ1v) is 5.46. The van der Waals surface area contributed by atoms with Crippen molar-refractivity contribution in [2.24, 2.45) is 0 Å². The highest BCUT2D eigenvalue weighted by Crippen LogP contribution is 2.18. The van der Waals surface area contributed by atoms with Crippen LogP contribution in [0, 0.1) is 0 Å². The van der Waals surface area contributed by atoms with E-state index in [0.29, 0.717) is 5.69 Å². The van der Waals surface area contributed by atoms with Crippen molar-refractivity contribution in [2.75, 3.05) is 5.73 Å². The van der Waals surface area contributed by atoms with E-state index in [0.717, 1.165) is 25.7 Å². The topological polar surface area (TPSA) is 104 Å². The molecule has 0 spiro atoms. The van der Waals surface area contributed by atoms with Crippen LogP contribution in [0.25, 0.3) is 0 Å². The van der Waals surface area contributed by atoms with Gasteiger partial charge in [-0.25, -0.2) is 0 Å². The molecule has 1 saturated carbocycles. The predicted molar refractivity (Wildman–Crippen MR) is 58.7 cm³/mol. The van der Waals surface area contributed by atoms with Gasteiger partial charge in [0, 0.05) is 6.07 Å². The van der Waals surface area contributed by atoms with Gasteiger partial charge in [0.2, 0.25) is 0 Å². The number of hydrogen-bond donors (Lipinski definition) is 4. The highest BCUT2D eigenvalue weighted by Gasteiger charge is 2.25. The van der Waals surface area contributed by atoms with E-state index >= 15 is 0 Å². The molecule has 6 heteroatoms. The van der Waals surface area contributed by atoms with Crippen molar-refractivity contribution in [1.29, 1.82) is 0 Å². The Morgan fingerprint density at radius 3 is 2.94 bits per heavy atom. The van der Waals surface area contributed by atoms with Crippen LogP contribution >= 0.6 is 0 Å². The normalized spacial score (nSPS) is 25.3. The number of aromatic amines is 1. The zero-order valence-corrected chi connectivity index (χ0v) is 8.94. The summed E-state index contributed by atoms with van der Waals surface area (Å²) < 4.78 is 0. The average Bonchev–Trinajstić information content (AvgIpc) is 2.68. The highest BCUT2D eigenvalue weighted by atomic mass is 16.3. The fourth-order valence-electron chi connectivity index (χ4n) is 1.98. The Morgan fingerprint density at radius 2 is 2.31 bits per heavy atom. The Bertz CT molecular complexity index is 377. The molecule has 0 radical (unpaired) electrons. The van der Waals surface area contributed by atoms with Crippen LogP contribution < -0.4 is 11.1 Å². The van der Waals surface area contributed by atoms with E-state index in [1.165, 1.54) is 6.07 Å². The summed E-state index contributed by atoms with van der Waals surface area (Å²) in [4.78, 5) is 11.7. The van der Waals surface area contributed by atoms with Gasteiger partial charge in [-0.3, -0.25) is 9.89 Å². The van der Waals surface area contributed by atoms with Crippen molar-refractivity contribution >= 4 is 11.7 Å². The van der Waals surface area contributed by atoms with Crippen LogP contribution in [0.15, 0.2) is 6.07 Å². The van der Waals surface area contributed by atoms with Crippen molar-refractivity contribution < 1.29 is 9.90 Å². The van der Waals surface area contributed by atoms with Crippen LogP contribution in [0.5, 0.6) is 0 Å². The van der Waals surface area contributed by atoms with Gasteiger partial charge in [0.1, 0.15) is 11.5 Å². The van der Waals surface area contributed by atoms with Gasteiger partial charge in [-0.1, -0.05) is 12.8 Å². The first kappa shape index (κ1) is 10.9. The van der Waals surface area contributed by atoms with E-state index in [1.54, 1.807) is 0 Å². The second-order valence-electron chi connectivity index (χ2n) is 4.14. The zero-order valence-electron chi connectivity index (χ0n) is 8.94. The number of aromatic nitrogens is 2. The molecule has 6 nitrogen and oxygen atoms in total. The Morgan fingerprint density at radius 1 is 1.56 bits per heavy atom. The van der Waals surface area contributed by atoms with Crippen LogP contribution in [0.4, 0.5) is 5.82 Å². The zero-order chi connectivity index (χ0) is 11.5. The third kappa shape index (κ3) is 2.33. The number of nitrogens with one attached hydrogen (secondary N) is 2. The quantitative estimate of drug-likeness (QED) is 0.568. The molecule has 2 rings (SSSR count). The van der Waals surface area contributed by atoms with Gasteiger partial charge in [-0.05, 0) is 12.8 Å². The van der Waals surface area contributed by atoms with Crippen LogP contribution in [-0.2, 0) is 0 Å². The first-order chi connectivity index (χ1) is 7.66. The molecule has 1 fully saturated rings. The maximum absolute atomic E-state index is 11.7. The second-order valence-corrected chi connectivity index (χ2v) is 4.14. The van der Waals surface area contributed by atoms with Crippen molar-refractivity contribution in [2.45, 2.75) is 37.8 Å². The van der Waals surface area contributed by atoms with E-state index in [-0.39, 0.29) is 17.8 Å². The molecule has 1 aromatic heterocycles. The summed E-state index contributed by atoms with van der Waals surface area (Å²) in [6.07, 6.45) is 3.17. The minimum absolute atomic E-state index is 0.161. The summed E-state index contributed by atoms with van der Waals surface area (Å²) in [6, 6.07) is 1.32. The number of carbonyl (C=O) groups is 1. The van der Waals surface area contributed by atoms with Gasteiger partial charge in [0.15, 0.2) is 0 Å². The number of aliphatic hydroxyl groups excluding tert-OH is 1. The number of amides is 1. The maximum Gasteiger partial charge on any atom is 0.269 e. The molecule has 16 heavy (non-hydrogen) atoms. The molecule has 1 aromatic rings. The maximum atomic E-state index is 11.7. The largest absolute Gasteiger partial charge is 0.391 e. The molecule has 5 N–H and O–H groups in total. The van der Waals surface area contributed by atoms with Crippen molar-refractivity contribution in [3.63, 3.8) is 0 Å². The summed E-state index contributed by atoms with van der Waals surface area (Å²) in [6.45, 7) is 0. The predicted octanol–water partition coefficient (Wildman–Crippen LogP) is 0.0252. The molecule has 0 bridgehead atoms. The first-order valence-electron chi connectivity index (χ1n) is 5.46. The Kier molecular flexibility index (Phi) is 3.09. The number of nitrogen functional groups attached to an aromatic ring is 1. The van der Waals surface area contributed by atoms with E-state index in [1.807, 2.05) is 0 Å². The smallest absolute Gasteiger partial charge is 0.269 e. The van der Waals surface area contributed by atoms with Gasteiger partial charge < -0.3 is 16.2 Å². The molecule has 1 amide bonds. The molecule has 0 saturated heterocycles. The van der Waals surface area contributed by atoms with Crippen LogP contribution in [-0.4, -0.2) is 33.4 Å². The molecule has 1 aliphatic carbocycles. The average molecular weight is 224 g/mol. The van der Waals surface area contributed by atoms with Crippen LogP contribution in [0.1, 0.15) is 36.2 Å². The lowest BCUT2D eigenvalue weighted by molar-refractivity contribution is 0.0714. The summed E-state index contributed by atoms with van der Waals surface area (Å²) in [5, 5.41) is 18.7. The van der Waals surface area contributed by atoms with Crippen LogP contribution in [0.2, 0.25) is 0 Å². The SMILES string of the molecule is Nc1cc(C(=O)N[C@@H]2CCCC[C@H]2O)[nH]n1. The van der Waals surface area contributed by atoms with Crippen LogP contribution in [0.3, 0.4) is 0 Å². The summed E-state index contributed by atoms with van der Waals surface area (Å²) in [5.41, 5.74) is 5.73. The van der Waals surface area contributed by atoms with Gasteiger partial charge in [0.25, 0.3) is 5.91 Å². The number of rotatable bonds is 2. The molecule has 1 aliphatic rings. The fourth-order valence-corrected chi connectivity index (χ4v) is 1.98. The third-order valence-corrected chi connectivity index (χ3v) is 2.89. The standard InChI is InChI=1S/C10H16N4O2/c11-9-5-7(13-14-9)10(16)12-6-3-1-2-4-8(6)15/h5-6,8,15H,1-4H2,(H,12,16)(H3,11,13,14)/t6-,8-/m1/s1. The van der Waals surface area contributed by atoms with E-state index in [9.17, 15) is 9.90 Å². The number of carbonyl (C=O) groups excluding carboxylic acids is 1. The molecule has 0 aromatic carbocycles. The Balaban J connectivity index is 1.96. The van der Waals surface area contributed by atoms with Gasteiger partial charge in [0.05, 0.1) is 12.1 Å². The van der Waals surface area contributed by atoms with E-state index < -0.39 is 6.10 Å². The minimum atomic E-state index is -0.446. The van der Waals surface area contributed by atoms with Gasteiger partial charge in [-0.2, -0.15) is 5.10 Å². The number of hydrogen-bond acceptors (Lipinski definition) is 4. The Hall–Kier alpha value is -1.56. The fraction of sp³-hybridized carbons (Fsp3) is 0.600. The molecule has 88 valence electrons. The molecular formula is C10H16N4O2. The minimum Gasteiger partial charge on any atom is -0.391 e. The summed E-state index contributed by atoms with van der Waals surface area (Å²) >= 11 is 0. The number of H-pyrrole nitrogens is 1. The lowest BCUT2D eigenvalue weighted by Gasteiger charge is -2.28. The molecule has 1 heterocycles. The number of anilines is 1. The molecule has 0 unspecified atom stereocenters. The summed E-state index contributed by atoms with van der Waals surface area (Å²) in [7, 11) is 0. The lowest BCUT2D eigenvalue weighted by Crippen LogP contribution is -2.45. The summed E-state index contributed by atoms with van der Waals surface area (Å²) in [5.74, 6) is 0.0180. The van der Waals surface area contributed by atoms with E-state index in [2.05, 4.69) is 15.5 Å².